The van der Waals surface area contributed by atoms with Crippen LogP contribution in [-0.4, -0.2) is 15.8 Å². The van der Waals surface area contributed by atoms with Gasteiger partial charge in [-0.25, -0.2) is 0 Å². The van der Waals surface area contributed by atoms with Crippen LogP contribution in [0, 0.1) is 0 Å². The van der Waals surface area contributed by atoms with Crippen molar-refractivity contribution in [3.63, 3.8) is 0 Å². The third kappa shape index (κ3) is 5.27. The van der Waals surface area contributed by atoms with Gasteiger partial charge in [-0.2, -0.15) is 0 Å². The van der Waals surface area contributed by atoms with E-state index in [9.17, 15) is 0 Å². The molecule has 0 radical (unpaired) electrons. The van der Waals surface area contributed by atoms with Crippen LogP contribution in [0.3, 0.4) is 0 Å². The first-order valence-electron chi connectivity index (χ1n) is 22.3. The Balaban J connectivity index is 1.11. The van der Waals surface area contributed by atoms with Gasteiger partial charge in [0.25, 0.3) is 6.71 Å². The molecular weight excluding hydrogens is 791 g/mol. The molecule has 5 heteroatoms. The average molecular weight is 829 g/mol. The lowest BCUT2D eigenvalue weighted by Gasteiger charge is -2.37. The molecule has 2 aliphatic heterocycles. The fourth-order valence-electron chi connectivity index (χ4n) is 10.9. The van der Waals surface area contributed by atoms with Gasteiger partial charge in [0.15, 0.2) is 0 Å². The molecule has 0 N–H and O–H groups in total. The summed E-state index contributed by atoms with van der Waals surface area (Å²) < 4.78 is 19.7. The molecule has 10 aromatic carbocycles. The van der Waals surface area contributed by atoms with E-state index < -0.39 is 0 Å². The van der Waals surface area contributed by atoms with Gasteiger partial charge in [-0.15, -0.1) is 0 Å². The summed E-state index contributed by atoms with van der Waals surface area (Å²) >= 11 is 0. The number of hydrogen-bond acceptors (Lipinski definition) is 2. The van der Waals surface area contributed by atoms with Crippen molar-refractivity contribution >= 4 is 66.7 Å². The normalized spacial score (nSPS) is 12.5. The summed E-state index contributed by atoms with van der Waals surface area (Å²) in [5.41, 5.74) is 16.4. The Hall–Kier alpha value is -8.54. The van der Waals surface area contributed by atoms with Crippen molar-refractivity contribution in [3.05, 3.63) is 224 Å². The number of para-hydroxylation sites is 4. The highest BCUT2D eigenvalue weighted by Crippen LogP contribution is 2.53. The lowest BCUT2D eigenvalue weighted by atomic mass is 9.34. The highest BCUT2D eigenvalue weighted by Gasteiger charge is 2.45. The molecule has 2 aromatic heterocycles. The first-order valence-corrected chi connectivity index (χ1v) is 22.3. The zero-order chi connectivity index (χ0) is 42.6. The van der Waals surface area contributed by atoms with Crippen molar-refractivity contribution in [2.24, 2.45) is 0 Å². The zero-order valence-electron chi connectivity index (χ0n) is 35.2. The molecule has 0 spiro atoms. The van der Waals surface area contributed by atoms with Crippen molar-refractivity contribution in [1.82, 2.24) is 9.13 Å². The maximum atomic E-state index is 7.45. The molecule has 0 aliphatic carbocycles. The van der Waals surface area contributed by atoms with Gasteiger partial charge < -0.3 is 18.6 Å². The Morgan fingerprint density at radius 2 is 0.631 bits per heavy atom. The summed E-state index contributed by atoms with van der Waals surface area (Å²) in [4.78, 5) is 0. The number of hydrogen-bond donors (Lipinski definition) is 0. The standard InChI is InChI=1S/C60H37BN2O2/c1-4-18-38(19-5-1)55-56(39-20-6-2-7-21-39)59-58-60(57(55)40-22-8-3-9-23-40)65-54-35-33-42(63-51-30-16-12-26-45(51)46-27-13-17-31-52(46)63)37-48(54)61(58)47-36-41(32-34-53(47)64-59)62-49-28-14-10-24-43(49)44-25-11-15-29-50(44)62/h1-37H. The molecule has 4 heterocycles. The van der Waals surface area contributed by atoms with Crippen LogP contribution in [0.2, 0.25) is 0 Å². The molecular formula is C60H37BN2O2. The third-order valence-electron chi connectivity index (χ3n) is 13.6. The van der Waals surface area contributed by atoms with E-state index in [1.54, 1.807) is 0 Å². The predicted molar refractivity (Wildman–Crippen MR) is 269 cm³/mol. The SMILES string of the molecule is c1ccc(-c2c3c4c(c(-c5ccccc5)c2-c2ccccc2)Oc2ccc(-n5c6ccccc6c6ccccc65)cc2B4c2cc(-n4c5ccccc5c5ccccc54)ccc2O3)cc1. The van der Waals surface area contributed by atoms with Gasteiger partial charge in [0.1, 0.15) is 23.0 Å². The third-order valence-corrected chi connectivity index (χ3v) is 13.6. The minimum absolute atomic E-state index is 0.247. The fraction of sp³-hybridized carbons (Fsp3) is 0. The minimum atomic E-state index is -0.247. The molecule has 2 aliphatic rings. The summed E-state index contributed by atoms with van der Waals surface area (Å²) in [6, 6.07) is 80.6. The van der Waals surface area contributed by atoms with E-state index in [2.05, 4.69) is 234 Å². The molecule has 14 rings (SSSR count). The molecule has 0 unspecified atom stereocenters. The molecule has 0 bridgehead atoms. The second-order valence-corrected chi connectivity index (χ2v) is 17.1. The second kappa shape index (κ2) is 14.0. The zero-order valence-corrected chi connectivity index (χ0v) is 35.2. The van der Waals surface area contributed by atoms with Crippen LogP contribution in [0.5, 0.6) is 23.0 Å². The van der Waals surface area contributed by atoms with Crippen LogP contribution in [0.25, 0.3) is 88.4 Å². The topological polar surface area (TPSA) is 28.3 Å². The van der Waals surface area contributed by atoms with Crippen LogP contribution < -0.4 is 25.9 Å². The highest BCUT2D eigenvalue weighted by atomic mass is 16.5. The second-order valence-electron chi connectivity index (χ2n) is 17.1. The number of rotatable bonds is 5. The Labute approximate surface area is 375 Å². The van der Waals surface area contributed by atoms with Gasteiger partial charge in [0.2, 0.25) is 0 Å². The molecule has 302 valence electrons. The van der Waals surface area contributed by atoms with Crippen molar-refractivity contribution in [1.29, 1.82) is 0 Å². The number of nitrogens with zero attached hydrogens (tertiary/aromatic N) is 2. The Morgan fingerprint density at radius 1 is 0.308 bits per heavy atom. The lowest BCUT2D eigenvalue weighted by Crippen LogP contribution is -2.58. The number of ether oxygens (including phenoxy) is 2. The minimum Gasteiger partial charge on any atom is -0.458 e. The lowest BCUT2D eigenvalue weighted by molar-refractivity contribution is 0.467. The van der Waals surface area contributed by atoms with E-state index in [-0.39, 0.29) is 6.71 Å². The van der Waals surface area contributed by atoms with E-state index in [4.69, 9.17) is 9.47 Å². The maximum absolute atomic E-state index is 7.45. The fourth-order valence-corrected chi connectivity index (χ4v) is 10.9. The summed E-state index contributed by atoms with van der Waals surface area (Å²) in [6.45, 7) is -0.247. The largest absolute Gasteiger partial charge is 0.458 e. The van der Waals surface area contributed by atoms with Crippen LogP contribution in [0.4, 0.5) is 0 Å². The molecule has 65 heavy (non-hydrogen) atoms. The molecule has 0 amide bonds. The predicted octanol–water partition coefficient (Wildman–Crippen LogP) is 13.6. The summed E-state index contributed by atoms with van der Waals surface area (Å²) in [6.07, 6.45) is 0. The van der Waals surface area contributed by atoms with Gasteiger partial charge in [0.05, 0.1) is 22.1 Å². The molecule has 0 saturated heterocycles. The van der Waals surface area contributed by atoms with Crippen LogP contribution in [0.1, 0.15) is 0 Å². The summed E-state index contributed by atoms with van der Waals surface area (Å²) in [5.74, 6) is 3.30. The first-order chi connectivity index (χ1) is 32.3. The number of fused-ring (bicyclic) bond motifs is 10. The Kier molecular flexibility index (Phi) is 7.75. The Morgan fingerprint density at radius 3 is 1.00 bits per heavy atom. The first kappa shape index (κ1) is 36.0. The van der Waals surface area contributed by atoms with E-state index in [0.29, 0.717) is 0 Å². The summed E-state index contributed by atoms with van der Waals surface area (Å²) in [7, 11) is 0. The highest BCUT2D eigenvalue weighted by molar-refractivity contribution is 6.98. The molecule has 0 saturated carbocycles. The van der Waals surface area contributed by atoms with Crippen molar-refractivity contribution in [3.8, 4) is 67.8 Å². The monoisotopic (exact) mass is 828 g/mol. The summed E-state index contributed by atoms with van der Waals surface area (Å²) in [5, 5.41) is 4.91. The van der Waals surface area contributed by atoms with E-state index in [0.717, 1.165) is 106 Å². The van der Waals surface area contributed by atoms with Gasteiger partial charge in [-0.05, 0) is 88.3 Å². The van der Waals surface area contributed by atoms with E-state index in [1.165, 1.54) is 21.5 Å². The smallest absolute Gasteiger partial charge is 0.260 e. The van der Waals surface area contributed by atoms with Gasteiger partial charge >= 0.3 is 0 Å². The van der Waals surface area contributed by atoms with Crippen LogP contribution in [0.15, 0.2) is 224 Å². The van der Waals surface area contributed by atoms with Gasteiger partial charge in [-0.1, -0.05) is 164 Å². The number of benzene rings is 10. The maximum Gasteiger partial charge on any atom is 0.260 e. The van der Waals surface area contributed by atoms with Crippen LogP contribution >= 0.6 is 0 Å². The molecule has 4 nitrogen and oxygen atoms in total. The van der Waals surface area contributed by atoms with Gasteiger partial charge in [0, 0.05) is 55.1 Å². The van der Waals surface area contributed by atoms with E-state index in [1.807, 2.05) is 0 Å². The van der Waals surface area contributed by atoms with Crippen molar-refractivity contribution < 1.29 is 9.47 Å². The number of aromatic nitrogens is 2. The van der Waals surface area contributed by atoms with Crippen molar-refractivity contribution in [2.75, 3.05) is 0 Å². The van der Waals surface area contributed by atoms with E-state index >= 15 is 0 Å². The molecule has 0 atom stereocenters. The average Bonchev–Trinajstić information content (AvgIpc) is 3.90. The quantitative estimate of drug-likeness (QED) is 0.162. The Bertz CT molecular complexity index is 3550. The molecule has 12 aromatic rings. The van der Waals surface area contributed by atoms with Crippen molar-refractivity contribution in [2.45, 2.75) is 0 Å². The molecule has 0 fully saturated rings. The van der Waals surface area contributed by atoms with Gasteiger partial charge in [-0.3, -0.25) is 0 Å². The van der Waals surface area contributed by atoms with Crippen LogP contribution in [-0.2, 0) is 0 Å².